The topological polar surface area (TPSA) is 98.8 Å². The second-order valence-electron chi connectivity index (χ2n) is 7.03. The summed E-state index contributed by atoms with van der Waals surface area (Å²) in [5.74, 6) is 0.764. The van der Waals surface area contributed by atoms with E-state index in [1.165, 1.54) is 35.2 Å². The summed E-state index contributed by atoms with van der Waals surface area (Å²) in [5.41, 5.74) is 1.36. The minimum absolute atomic E-state index is 0.195. The molecular formula is C23H26O9. The first-order chi connectivity index (χ1) is 15.3. The molecule has 2 aromatic rings. The average molecular weight is 446 g/mol. The molecule has 3 rings (SSSR count). The third-order valence-electron chi connectivity index (χ3n) is 5.05. The molecular weight excluding hydrogens is 420 g/mol. The highest BCUT2D eigenvalue weighted by atomic mass is 16.7. The van der Waals surface area contributed by atoms with Crippen LogP contribution >= 0.6 is 0 Å². The number of fused-ring (bicyclic) bond motifs is 1. The van der Waals surface area contributed by atoms with E-state index >= 15 is 0 Å². The lowest BCUT2D eigenvalue weighted by Gasteiger charge is -2.34. The molecule has 0 amide bonds. The molecule has 0 aliphatic carbocycles. The van der Waals surface area contributed by atoms with E-state index in [2.05, 4.69) is 0 Å². The second kappa shape index (κ2) is 9.67. The normalized spacial score (nSPS) is 16.8. The Bertz CT molecular complexity index is 1020. The summed E-state index contributed by atoms with van der Waals surface area (Å²) >= 11 is 0. The molecule has 0 bridgehead atoms. The van der Waals surface area contributed by atoms with Gasteiger partial charge in [0, 0.05) is 25.5 Å². The smallest absolute Gasteiger partial charge is 0.308 e. The number of rotatable bonds is 7. The average Bonchev–Trinajstić information content (AvgIpc) is 2.77. The van der Waals surface area contributed by atoms with E-state index in [4.69, 9.17) is 33.2 Å². The van der Waals surface area contributed by atoms with Crippen LogP contribution in [0.2, 0.25) is 0 Å². The number of esters is 2. The molecule has 2 unspecified atom stereocenters. The zero-order valence-electron chi connectivity index (χ0n) is 18.8. The van der Waals surface area contributed by atoms with Crippen molar-refractivity contribution >= 4 is 11.9 Å². The third kappa shape index (κ3) is 4.51. The van der Waals surface area contributed by atoms with Crippen LogP contribution in [-0.2, 0) is 20.7 Å². The Morgan fingerprint density at radius 1 is 0.844 bits per heavy atom. The molecule has 0 aromatic heterocycles. The number of methoxy groups -OCH3 is 4. The fourth-order valence-electron chi connectivity index (χ4n) is 3.68. The second-order valence-corrected chi connectivity index (χ2v) is 7.03. The van der Waals surface area contributed by atoms with Gasteiger partial charge in [0.2, 0.25) is 5.75 Å². The molecule has 1 aliphatic rings. The van der Waals surface area contributed by atoms with Crippen LogP contribution in [0.15, 0.2) is 24.3 Å². The van der Waals surface area contributed by atoms with Crippen LogP contribution < -0.4 is 28.4 Å². The molecule has 9 nitrogen and oxygen atoms in total. The molecule has 0 radical (unpaired) electrons. The maximum absolute atomic E-state index is 11.8. The molecule has 0 spiro atoms. The Hall–Kier alpha value is -3.62. The van der Waals surface area contributed by atoms with E-state index in [9.17, 15) is 9.59 Å². The third-order valence-corrected chi connectivity index (χ3v) is 5.05. The molecule has 0 fully saturated rings. The lowest BCUT2D eigenvalue weighted by Crippen LogP contribution is -2.35. The lowest BCUT2D eigenvalue weighted by atomic mass is 9.88. The standard InChI is InChI=1S/C23H26O9/c1-12(24)30-21-16-10-15(14-7-8-17(26-3)19(9-14)27-4)23(31-13(2)25)32-18(16)11-20(28-5)22(21)29-6/h7-9,11,15,23H,10H2,1-6H3. The van der Waals surface area contributed by atoms with Crippen molar-refractivity contribution in [3.8, 4) is 34.5 Å². The first kappa shape index (κ1) is 23.1. The highest BCUT2D eigenvalue weighted by Gasteiger charge is 2.38. The fraction of sp³-hybridized carbons (Fsp3) is 0.391. The number of hydrogen-bond acceptors (Lipinski definition) is 9. The Morgan fingerprint density at radius 2 is 1.53 bits per heavy atom. The van der Waals surface area contributed by atoms with Gasteiger partial charge in [-0.05, 0) is 24.1 Å². The molecule has 2 atom stereocenters. The minimum atomic E-state index is -0.929. The number of carbonyl (C=O) groups is 2. The van der Waals surface area contributed by atoms with Gasteiger partial charge in [0.1, 0.15) is 5.75 Å². The summed E-state index contributed by atoms with van der Waals surface area (Å²) in [7, 11) is 5.99. The number of hydrogen-bond donors (Lipinski definition) is 0. The first-order valence-corrected chi connectivity index (χ1v) is 9.84. The maximum Gasteiger partial charge on any atom is 0.308 e. The molecule has 0 saturated heterocycles. The van der Waals surface area contributed by atoms with Crippen molar-refractivity contribution in [1.29, 1.82) is 0 Å². The van der Waals surface area contributed by atoms with Crippen molar-refractivity contribution in [2.75, 3.05) is 28.4 Å². The van der Waals surface area contributed by atoms with Crippen molar-refractivity contribution in [2.24, 2.45) is 0 Å². The predicted molar refractivity (Wildman–Crippen MR) is 113 cm³/mol. The number of carbonyl (C=O) groups excluding carboxylic acids is 2. The Morgan fingerprint density at radius 3 is 2.09 bits per heavy atom. The Kier molecular flexibility index (Phi) is 6.97. The summed E-state index contributed by atoms with van der Waals surface area (Å²) in [6.07, 6.45) is -0.604. The molecule has 1 aliphatic heterocycles. The highest BCUT2D eigenvalue weighted by molar-refractivity contribution is 5.74. The van der Waals surface area contributed by atoms with E-state index in [1.807, 2.05) is 6.07 Å². The predicted octanol–water partition coefficient (Wildman–Crippen LogP) is 3.25. The fourth-order valence-corrected chi connectivity index (χ4v) is 3.68. The first-order valence-electron chi connectivity index (χ1n) is 9.84. The van der Waals surface area contributed by atoms with Crippen molar-refractivity contribution in [1.82, 2.24) is 0 Å². The lowest BCUT2D eigenvalue weighted by molar-refractivity contribution is -0.165. The van der Waals surface area contributed by atoms with Gasteiger partial charge in [-0.2, -0.15) is 0 Å². The zero-order valence-corrected chi connectivity index (χ0v) is 18.8. The maximum atomic E-state index is 11.8. The number of ether oxygens (including phenoxy) is 7. The summed E-state index contributed by atoms with van der Waals surface area (Å²) < 4.78 is 38.6. The van der Waals surface area contributed by atoms with Gasteiger partial charge in [0.05, 0.1) is 34.4 Å². The van der Waals surface area contributed by atoms with Gasteiger partial charge in [0.15, 0.2) is 23.0 Å². The van der Waals surface area contributed by atoms with Gasteiger partial charge < -0.3 is 33.2 Å². The van der Waals surface area contributed by atoms with Gasteiger partial charge in [-0.15, -0.1) is 0 Å². The van der Waals surface area contributed by atoms with Crippen LogP contribution in [0.5, 0.6) is 34.5 Å². The molecule has 0 N–H and O–H groups in total. The van der Waals surface area contributed by atoms with Gasteiger partial charge in [-0.1, -0.05) is 6.07 Å². The van der Waals surface area contributed by atoms with Crippen LogP contribution in [0.1, 0.15) is 30.9 Å². The highest BCUT2D eigenvalue weighted by Crippen LogP contribution is 2.50. The van der Waals surface area contributed by atoms with E-state index in [1.54, 1.807) is 25.3 Å². The van der Waals surface area contributed by atoms with Crippen LogP contribution in [0.25, 0.3) is 0 Å². The Balaban J connectivity index is 2.16. The van der Waals surface area contributed by atoms with Crippen molar-refractivity contribution in [3.05, 3.63) is 35.4 Å². The van der Waals surface area contributed by atoms with Gasteiger partial charge >= 0.3 is 11.9 Å². The summed E-state index contributed by atoms with van der Waals surface area (Å²) in [5, 5.41) is 0. The molecule has 32 heavy (non-hydrogen) atoms. The summed E-state index contributed by atoms with van der Waals surface area (Å²) in [4.78, 5) is 23.6. The number of benzene rings is 2. The quantitative estimate of drug-likeness (QED) is 0.469. The monoisotopic (exact) mass is 446 g/mol. The van der Waals surface area contributed by atoms with Crippen LogP contribution in [0.4, 0.5) is 0 Å². The Labute approximate surface area is 186 Å². The van der Waals surface area contributed by atoms with Crippen molar-refractivity contribution < 1.29 is 42.7 Å². The van der Waals surface area contributed by atoms with Crippen LogP contribution in [-0.4, -0.2) is 46.7 Å². The van der Waals surface area contributed by atoms with E-state index in [0.29, 0.717) is 35.0 Å². The summed E-state index contributed by atoms with van der Waals surface area (Å²) in [6.45, 7) is 2.60. The zero-order chi connectivity index (χ0) is 23.4. The molecule has 1 heterocycles. The van der Waals surface area contributed by atoms with E-state index in [0.717, 1.165) is 5.56 Å². The summed E-state index contributed by atoms with van der Waals surface area (Å²) in [6, 6.07) is 7.00. The van der Waals surface area contributed by atoms with Gasteiger partial charge in [-0.25, -0.2) is 0 Å². The SMILES string of the molecule is COc1ccc(C2Cc3c(cc(OC)c(OC)c3OC(C)=O)OC2OC(C)=O)cc1OC. The van der Waals surface area contributed by atoms with Crippen molar-refractivity contribution in [2.45, 2.75) is 32.5 Å². The van der Waals surface area contributed by atoms with Gasteiger partial charge in [0.25, 0.3) is 6.29 Å². The molecule has 172 valence electrons. The largest absolute Gasteiger partial charge is 0.493 e. The van der Waals surface area contributed by atoms with Gasteiger partial charge in [-0.3, -0.25) is 9.59 Å². The van der Waals surface area contributed by atoms with Crippen LogP contribution in [0.3, 0.4) is 0 Å². The van der Waals surface area contributed by atoms with E-state index < -0.39 is 24.1 Å². The molecule has 9 heteroatoms. The van der Waals surface area contributed by atoms with E-state index in [-0.39, 0.29) is 11.5 Å². The minimum Gasteiger partial charge on any atom is -0.493 e. The molecule has 2 aromatic carbocycles. The van der Waals surface area contributed by atoms with Crippen LogP contribution in [0, 0.1) is 0 Å². The molecule has 0 saturated carbocycles. The van der Waals surface area contributed by atoms with Crippen molar-refractivity contribution in [3.63, 3.8) is 0 Å².